The molecule has 0 saturated heterocycles. The first-order chi connectivity index (χ1) is 14.0. The number of rotatable bonds is 2. The van der Waals surface area contributed by atoms with Crippen LogP contribution >= 0.6 is 0 Å². The zero-order valence-corrected chi connectivity index (χ0v) is 15.8. The minimum absolute atomic E-state index is 0.217. The Labute approximate surface area is 164 Å². The molecule has 8 heteroatoms. The summed E-state index contributed by atoms with van der Waals surface area (Å²) < 4.78 is 4.43. The SMILES string of the molecule is Cc1ccc(-n2ccc3nc(C)c4c(=O)n(-n5cnnc5)ccc4c3c2=O)cc1. The van der Waals surface area contributed by atoms with Crippen LogP contribution < -0.4 is 11.1 Å². The Morgan fingerprint density at radius 3 is 2.24 bits per heavy atom. The van der Waals surface area contributed by atoms with Crippen molar-refractivity contribution in [3.63, 3.8) is 0 Å². The van der Waals surface area contributed by atoms with Crippen LogP contribution in [0, 0.1) is 13.8 Å². The van der Waals surface area contributed by atoms with Gasteiger partial charge in [0.2, 0.25) is 0 Å². The second-order valence-corrected chi connectivity index (χ2v) is 6.88. The van der Waals surface area contributed by atoms with Crippen molar-refractivity contribution < 1.29 is 0 Å². The lowest BCUT2D eigenvalue weighted by atomic mass is 10.1. The molecule has 29 heavy (non-hydrogen) atoms. The summed E-state index contributed by atoms with van der Waals surface area (Å²) in [5, 5.41) is 8.87. The highest BCUT2D eigenvalue weighted by Crippen LogP contribution is 2.22. The first-order valence-electron chi connectivity index (χ1n) is 9.04. The Morgan fingerprint density at radius 1 is 0.793 bits per heavy atom. The molecule has 0 fully saturated rings. The van der Waals surface area contributed by atoms with Crippen LogP contribution in [-0.2, 0) is 0 Å². The molecule has 0 aliphatic rings. The van der Waals surface area contributed by atoms with Gasteiger partial charge in [0.15, 0.2) is 0 Å². The zero-order valence-electron chi connectivity index (χ0n) is 15.8. The highest BCUT2D eigenvalue weighted by atomic mass is 16.1. The molecule has 1 aromatic carbocycles. The van der Waals surface area contributed by atoms with E-state index in [0.717, 1.165) is 11.3 Å². The normalized spacial score (nSPS) is 11.4. The molecule has 142 valence electrons. The molecule has 4 heterocycles. The molecule has 0 bridgehead atoms. The fourth-order valence-corrected chi connectivity index (χ4v) is 3.59. The zero-order chi connectivity index (χ0) is 20.1. The van der Waals surface area contributed by atoms with Gasteiger partial charge < -0.3 is 0 Å². The predicted molar refractivity (Wildman–Crippen MR) is 109 cm³/mol. The van der Waals surface area contributed by atoms with Crippen molar-refractivity contribution in [1.29, 1.82) is 0 Å². The number of benzene rings is 1. The number of fused-ring (bicyclic) bond motifs is 3. The molecular weight excluding hydrogens is 368 g/mol. The third-order valence-corrected chi connectivity index (χ3v) is 5.03. The van der Waals surface area contributed by atoms with E-state index < -0.39 is 0 Å². The molecule has 8 nitrogen and oxygen atoms in total. The summed E-state index contributed by atoms with van der Waals surface area (Å²) in [6.07, 6.45) is 6.18. The average Bonchev–Trinajstić information content (AvgIpc) is 3.23. The number of aryl methyl sites for hydroxylation is 2. The van der Waals surface area contributed by atoms with Gasteiger partial charge >= 0.3 is 0 Å². The maximum Gasteiger partial charge on any atom is 0.279 e. The summed E-state index contributed by atoms with van der Waals surface area (Å²) in [7, 11) is 0. The van der Waals surface area contributed by atoms with Crippen molar-refractivity contribution in [2.24, 2.45) is 0 Å². The maximum atomic E-state index is 13.4. The van der Waals surface area contributed by atoms with Gasteiger partial charge in [0.1, 0.15) is 12.7 Å². The Bertz CT molecular complexity index is 1500. The largest absolute Gasteiger partial charge is 0.284 e. The molecule has 5 aromatic rings. The summed E-state index contributed by atoms with van der Waals surface area (Å²) >= 11 is 0. The van der Waals surface area contributed by atoms with Gasteiger partial charge in [-0.1, -0.05) is 17.7 Å². The van der Waals surface area contributed by atoms with E-state index in [1.54, 1.807) is 36.0 Å². The van der Waals surface area contributed by atoms with Crippen LogP contribution in [0.5, 0.6) is 0 Å². The molecule has 0 N–H and O–H groups in total. The first kappa shape index (κ1) is 17.1. The highest BCUT2D eigenvalue weighted by Gasteiger charge is 2.15. The second-order valence-electron chi connectivity index (χ2n) is 6.88. The number of aromatic nitrogens is 6. The molecule has 0 unspecified atom stereocenters. The Hall–Kier alpha value is -4.07. The molecule has 0 aliphatic heterocycles. The molecule has 0 amide bonds. The number of hydrogen-bond acceptors (Lipinski definition) is 5. The number of pyridine rings is 3. The standard InChI is InChI=1S/C21H16N6O2/c1-13-3-5-15(6-4-13)26-9-8-17-19(20(26)28)16-7-10-27(25-11-22-23-12-25)21(29)18(16)14(2)24-17/h3-12H,1-2H3. The van der Waals surface area contributed by atoms with Crippen molar-refractivity contribution >= 4 is 21.7 Å². The van der Waals surface area contributed by atoms with Crippen LogP contribution in [0.1, 0.15) is 11.3 Å². The van der Waals surface area contributed by atoms with E-state index in [2.05, 4.69) is 15.2 Å². The van der Waals surface area contributed by atoms with Gasteiger partial charge in [0, 0.05) is 23.5 Å². The second kappa shape index (κ2) is 6.23. The fourth-order valence-electron chi connectivity index (χ4n) is 3.59. The summed E-state index contributed by atoms with van der Waals surface area (Å²) in [5.74, 6) is 0. The van der Waals surface area contributed by atoms with Crippen LogP contribution in [0.15, 0.2) is 71.0 Å². The van der Waals surface area contributed by atoms with Crippen LogP contribution in [0.2, 0.25) is 0 Å². The lowest BCUT2D eigenvalue weighted by Gasteiger charge is -2.12. The molecule has 0 atom stereocenters. The Kier molecular flexibility index (Phi) is 3.67. The van der Waals surface area contributed by atoms with Crippen molar-refractivity contribution in [2.75, 3.05) is 0 Å². The molecule has 4 aromatic heterocycles. The van der Waals surface area contributed by atoms with E-state index in [9.17, 15) is 9.59 Å². The molecule has 0 radical (unpaired) electrons. The summed E-state index contributed by atoms with van der Waals surface area (Å²) in [6, 6.07) is 11.3. The smallest absolute Gasteiger partial charge is 0.279 e. The van der Waals surface area contributed by atoms with Gasteiger partial charge in [-0.3, -0.25) is 19.1 Å². The molecule has 5 rings (SSSR count). The fraction of sp³-hybridized carbons (Fsp3) is 0.0952. The van der Waals surface area contributed by atoms with E-state index in [-0.39, 0.29) is 11.1 Å². The van der Waals surface area contributed by atoms with Crippen LogP contribution in [0.4, 0.5) is 0 Å². The minimum atomic E-state index is -0.292. The van der Waals surface area contributed by atoms with E-state index in [0.29, 0.717) is 27.4 Å². The van der Waals surface area contributed by atoms with Crippen molar-refractivity contribution in [3.05, 3.63) is 93.4 Å². The summed E-state index contributed by atoms with van der Waals surface area (Å²) in [6.45, 7) is 3.76. The Balaban J connectivity index is 1.87. The summed E-state index contributed by atoms with van der Waals surface area (Å²) in [4.78, 5) is 31.0. The predicted octanol–water partition coefficient (Wildman–Crippen LogP) is 2.22. The first-order valence-corrected chi connectivity index (χ1v) is 9.04. The van der Waals surface area contributed by atoms with Gasteiger partial charge in [0.25, 0.3) is 11.1 Å². The topological polar surface area (TPSA) is 87.6 Å². The van der Waals surface area contributed by atoms with Gasteiger partial charge in [0.05, 0.1) is 22.0 Å². The van der Waals surface area contributed by atoms with Crippen LogP contribution in [0.25, 0.3) is 27.4 Å². The van der Waals surface area contributed by atoms with Crippen molar-refractivity contribution in [3.8, 4) is 5.69 Å². The molecule has 0 aliphatic carbocycles. The maximum absolute atomic E-state index is 13.4. The lowest BCUT2D eigenvalue weighted by Crippen LogP contribution is -2.26. The molecular formula is C21H16N6O2. The number of hydrogen-bond donors (Lipinski definition) is 0. The van der Waals surface area contributed by atoms with E-state index in [4.69, 9.17) is 0 Å². The molecule has 0 saturated carbocycles. The third-order valence-electron chi connectivity index (χ3n) is 5.03. The monoisotopic (exact) mass is 384 g/mol. The van der Waals surface area contributed by atoms with Gasteiger partial charge in [-0.2, -0.15) is 0 Å². The van der Waals surface area contributed by atoms with Crippen molar-refractivity contribution in [1.82, 2.24) is 29.1 Å². The van der Waals surface area contributed by atoms with Crippen LogP contribution in [-0.4, -0.2) is 29.1 Å². The van der Waals surface area contributed by atoms with E-state index >= 15 is 0 Å². The van der Waals surface area contributed by atoms with E-state index in [1.165, 1.54) is 22.0 Å². The molecule has 0 spiro atoms. The third kappa shape index (κ3) is 2.57. The average molecular weight is 384 g/mol. The van der Waals surface area contributed by atoms with Crippen LogP contribution in [0.3, 0.4) is 0 Å². The number of nitrogens with zero attached hydrogens (tertiary/aromatic N) is 6. The minimum Gasteiger partial charge on any atom is -0.284 e. The van der Waals surface area contributed by atoms with Gasteiger partial charge in [-0.25, -0.2) is 9.35 Å². The Morgan fingerprint density at radius 2 is 1.52 bits per heavy atom. The quantitative estimate of drug-likeness (QED) is 0.436. The van der Waals surface area contributed by atoms with Gasteiger partial charge in [-0.15, -0.1) is 10.2 Å². The van der Waals surface area contributed by atoms with E-state index in [1.807, 2.05) is 31.2 Å². The van der Waals surface area contributed by atoms with Gasteiger partial charge in [-0.05, 0) is 38.1 Å². The summed E-state index contributed by atoms with van der Waals surface area (Å²) in [5.41, 5.74) is 2.48. The lowest BCUT2D eigenvalue weighted by molar-refractivity contribution is 0.632. The van der Waals surface area contributed by atoms with Crippen molar-refractivity contribution in [2.45, 2.75) is 13.8 Å². The highest BCUT2D eigenvalue weighted by molar-refractivity contribution is 6.05.